The first-order valence-corrected chi connectivity index (χ1v) is 6.21. The average molecular weight is 258 g/mol. The summed E-state index contributed by atoms with van der Waals surface area (Å²) in [5, 5.41) is 9.08. The zero-order valence-corrected chi connectivity index (χ0v) is 10.6. The van der Waals surface area contributed by atoms with Crippen LogP contribution in [0.25, 0.3) is 11.1 Å². The van der Waals surface area contributed by atoms with Crippen LogP contribution in [0.1, 0.15) is 24.8 Å². The maximum absolute atomic E-state index is 14.1. The monoisotopic (exact) mass is 258 g/mol. The highest BCUT2D eigenvalue weighted by Gasteiger charge is 2.19. The molecule has 0 aliphatic rings. The van der Waals surface area contributed by atoms with Gasteiger partial charge < -0.3 is 5.11 Å². The largest absolute Gasteiger partial charge is 0.481 e. The molecule has 2 rings (SSSR count). The number of halogens is 1. The lowest BCUT2D eigenvalue weighted by atomic mass is 9.94. The van der Waals surface area contributed by atoms with Gasteiger partial charge in [0, 0.05) is 5.56 Å². The molecule has 0 aliphatic carbocycles. The predicted molar refractivity (Wildman–Crippen MR) is 72.5 cm³/mol. The maximum atomic E-state index is 14.1. The molecule has 0 heterocycles. The fourth-order valence-electron chi connectivity index (χ4n) is 2.15. The van der Waals surface area contributed by atoms with Crippen molar-refractivity contribution in [2.75, 3.05) is 0 Å². The highest BCUT2D eigenvalue weighted by atomic mass is 19.1. The molecule has 0 saturated heterocycles. The van der Waals surface area contributed by atoms with E-state index in [2.05, 4.69) is 0 Å². The molecule has 0 spiro atoms. The van der Waals surface area contributed by atoms with Crippen molar-refractivity contribution in [1.82, 2.24) is 0 Å². The normalized spacial score (nSPS) is 12.1. The van der Waals surface area contributed by atoms with Gasteiger partial charge in [-0.3, -0.25) is 4.79 Å². The molecule has 2 aromatic rings. The molecule has 1 atom stereocenters. The van der Waals surface area contributed by atoms with Crippen molar-refractivity contribution >= 4 is 5.97 Å². The van der Waals surface area contributed by atoms with Crippen LogP contribution >= 0.6 is 0 Å². The number of carboxylic acid groups (broad SMARTS) is 1. The summed E-state index contributed by atoms with van der Waals surface area (Å²) < 4.78 is 14.1. The minimum atomic E-state index is -0.922. The number of hydrogen-bond acceptors (Lipinski definition) is 1. The fourth-order valence-corrected chi connectivity index (χ4v) is 2.15. The van der Waals surface area contributed by atoms with Crippen LogP contribution in [0.3, 0.4) is 0 Å². The van der Waals surface area contributed by atoms with Crippen molar-refractivity contribution in [3.63, 3.8) is 0 Å². The van der Waals surface area contributed by atoms with Gasteiger partial charge in [0.1, 0.15) is 5.82 Å². The van der Waals surface area contributed by atoms with E-state index >= 15 is 0 Å². The second kappa shape index (κ2) is 5.65. The lowest BCUT2D eigenvalue weighted by molar-refractivity contribution is -0.138. The first-order valence-electron chi connectivity index (χ1n) is 6.21. The summed E-state index contributed by atoms with van der Waals surface area (Å²) in [7, 11) is 0. The van der Waals surface area contributed by atoms with Crippen LogP contribution in [0.4, 0.5) is 4.39 Å². The molecule has 1 N–H and O–H groups in total. The van der Waals surface area contributed by atoms with Crippen LogP contribution in [0.15, 0.2) is 48.5 Å². The van der Waals surface area contributed by atoms with E-state index in [0.717, 1.165) is 5.56 Å². The van der Waals surface area contributed by atoms with E-state index in [4.69, 9.17) is 5.11 Å². The number of carbonyl (C=O) groups is 1. The molecule has 0 amide bonds. The van der Waals surface area contributed by atoms with Crippen LogP contribution in [0, 0.1) is 5.82 Å². The van der Waals surface area contributed by atoms with E-state index in [1.807, 2.05) is 30.3 Å². The van der Waals surface area contributed by atoms with Crippen molar-refractivity contribution in [3.8, 4) is 11.1 Å². The van der Waals surface area contributed by atoms with E-state index in [0.29, 0.717) is 17.5 Å². The predicted octanol–water partition coefficient (Wildman–Crippen LogP) is 4.07. The molecule has 0 saturated carbocycles. The van der Waals surface area contributed by atoms with Crippen molar-refractivity contribution < 1.29 is 14.3 Å². The molecule has 19 heavy (non-hydrogen) atoms. The Kier molecular flexibility index (Phi) is 3.95. The van der Waals surface area contributed by atoms with Crippen molar-refractivity contribution in [2.45, 2.75) is 19.3 Å². The van der Waals surface area contributed by atoms with Gasteiger partial charge in [-0.25, -0.2) is 4.39 Å². The Morgan fingerprint density at radius 1 is 1.21 bits per heavy atom. The maximum Gasteiger partial charge on any atom is 0.310 e. The Balaban J connectivity index is 2.40. The molecule has 0 bridgehead atoms. The van der Waals surface area contributed by atoms with Crippen LogP contribution in [-0.4, -0.2) is 11.1 Å². The van der Waals surface area contributed by atoms with E-state index in [1.165, 1.54) is 6.07 Å². The summed E-state index contributed by atoms with van der Waals surface area (Å²) in [6.45, 7) is 1.78. The van der Waals surface area contributed by atoms with Gasteiger partial charge in [-0.15, -0.1) is 0 Å². The Labute approximate surface area is 111 Å². The zero-order valence-electron chi connectivity index (χ0n) is 10.6. The third kappa shape index (κ3) is 2.81. The molecule has 0 aromatic heterocycles. The van der Waals surface area contributed by atoms with E-state index in [1.54, 1.807) is 19.1 Å². The highest BCUT2D eigenvalue weighted by Crippen LogP contribution is 2.27. The van der Waals surface area contributed by atoms with Gasteiger partial charge in [0.25, 0.3) is 0 Å². The Morgan fingerprint density at radius 2 is 1.89 bits per heavy atom. The van der Waals surface area contributed by atoms with Crippen LogP contribution in [-0.2, 0) is 4.79 Å². The summed E-state index contributed by atoms with van der Waals surface area (Å²) in [5.41, 5.74) is 1.78. The zero-order chi connectivity index (χ0) is 13.8. The van der Waals surface area contributed by atoms with Gasteiger partial charge in [0.15, 0.2) is 0 Å². The van der Waals surface area contributed by atoms with Crippen LogP contribution < -0.4 is 0 Å². The Hall–Kier alpha value is -2.16. The second-order valence-corrected chi connectivity index (χ2v) is 4.40. The number of carboxylic acids is 1. The summed E-state index contributed by atoms with van der Waals surface area (Å²) in [6, 6.07) is 13.9. The van der Waals surface area contributed by atoms with Gasteiger partial charge in [-0.1, -0.05) is 49.4 Å². The molecule has 0 aliphatic heterocycles. The number of benzene rings is 2. The molecule has 1 unspecified atom stereocenters. The molecule has 0 radical (unpaired) electrons. The van der Waals surface area contributed by atoms with Gasteiger partial charge in [0.05, 0.1) is 5.92 Å². The molecule has 98 valence electrons. The van der Waals surface area contributed by atoms with Gasteiger partial charge >= 0.3 is 5.97 Å². The van der Waals surface area contributed by atoms with Gasteiger partial charge in [-0.2, -0.15) is 0 Å². The number of aliphatic carboxylic acids is 1. The first kappa shape index (κ1) is 13.3. The number of rotatable bonds is 4. The number of hydrogen-bond donors (Lipinski definition) is 1. The average Bonchev–Trinajstić information content (AvgIpc) is 2.40. The Morgan fingerprint density at radius 3 is 2.42 bits per heavy atom. The van der Waals surface area contributed by atoms with E-state index in [9.17, 15) is 9.18 Å². The summed E-state index contributed by atoms with van der Waals surface area (Å²) in [4.78, 5) is 11.1. The van der Waals surface area contributed by atoms with Crippen molar-refractivity contribution in [2.24, 2.45) is 0 Å². The molecule has 2 aromatic carbocycles. The quantitative estimate of drug-likeness (QED) is 0.897. The standard InChI is InChI=1S/C16H15FO2/c1-2-13(16(18)19)12-8-9-14(15(17)10-12)11-6-4-3-5-7-11/h3-10,13H,2H2,1H3,(H,18,19). The topological polar surface area (TPSA) is 37.3 Å². The minimum absolute atomic E-state index is 0.386. The fraction of sp³-hybridized carbons (Fsp3) is 0.188. The Bertz CT molecular complexity index is 579. The first-order chi connectivity index (χ1) is 9.13. The third-order valence-electron chi connectivity index (χ3n) is 3.19. The van der Waals surface area contributed by atoms with Crippen LogP contribution in [0.2, 0.25) is 0 Å². The summed E-state index contributed by atoms with van der Waals surface area (Å²) in [5.74, 6) is -1.96. The third-order valence-corrected chi connectivity index (χ3v) is 3.19. The van der Waals surface area contributed by atoms with E-state index in [-0.39, 0.29) is 5.82 Å². The second-order valence-electron chi connectivity index (χ2n) is 4.40. The van der Waals surface area contributed by atoms with Crippen molar-refractivity contribution in [3.05, 3.63) is 59.9 Å². The lowest BCUT2D eigenvalue weighted by Gasteiger charge is -2.12. The molecule has 0 fully saturated rings. The molecular weight excluding hydrogens is 243 g/mol. The van der Waals surface area contributed by atoms with Gasteiger partial charge in [-0.05, 0) is 23.6 Å². The van der Waals surface area contributed by atoms with Crippen LogP contribution in [0.5, 0.6) is 0 Å². The molecular formula is C16H15FO2. The summed E-state index contributed by atoms with van der Waals surface area (Å²) >= 11 is 0. The molecule has 3 heteroatoms. The minimum Gasteiger partial charge on any atom is -0.481 e. The lowest BCUT2D eigenvalue weighted by Crippen LogP contribution is -2.10. The van der Waals surface area contributed by atoms with Crippen molar-refractivity contribution in [1.29, 1.82) is 0 Å². The molecule has 2 nitrogen and oxygen atoms in total. The summed E-state index contributed by atoms with van der Waals surface area (Å²) in [6.07, 6.45) is 0.444. The highest BCUT2D eigenvalue weighted by molar-refractivity contribution is 5.76. The van der Waals surface area contributed by atoms with E-state index < -0.39 is 11.9 Å². The smallest absolute Gasteiger partial charge is 0.310 e. The SMILES string of the molecule is CCC(C(=O)O)c1ccc(-c2ccccc2)c(F)c1. The van der Waals surface area contributed by atoms with Gasteiger partial charge in [0.2, 0.25) is 0 Å².